The second-order valence-electron chi connectivity index (χ2n) is 2.52. The van der Waals surface area contributed by atoms with Gasteiger partial charge in [0.05, 0.1) is 11.4 Å². The SMILES string of the molecule is NC(=O)Nc1ccccc1NC(N)=O. The minimum Gasteiger partial charge on any atom is -0.351 e. The molecule has 0 saturated carbocycles. The Hall–Kier alpha value is -2.24. The maximum Gasteiger partial charge on any atom is 0.316 e. The van der Waals surface area contributed by atoms with Crippen molar-refractivity contribution in [3.8, 4) is 0 Å². The van der Waals surface area contributed by atoms with Gasteiger partial charge < -0.3 is 22.1 Å². The lowest BCUT2D eigenvalue weighted by molar-refractivity contribution is 0.258. The Kier molecular flexibility index (Phi) is 2.90. The Morgan fingerprint density at radius 1 is 0.929 bits per heavy atom. The van der Waals surface area contributed by atoms with Crippen LogP contribution < -0.4 is 22.1 Å². The van der Waals surface area contributed by atoms with Gasteiger partial charge in [0.25, 0.3) is 0 Å². The van der Waals surface area contributed by atoms with Crippen LogP contribution in [0.25, 0.3) is 0 Å². The fourth-order valence-electron chi connectivity index (χ4n) is 0.967. The zero-order chi connectivity index (χ0) is 10.6. The Morgan fingerprint density at radius 3 is 1.57 bits per heavy atom. The van der Waals surface area contributed by atoms with E-state index >= 15 is 0 Å². The van der Waals surface area contributed by atoms with Crippen molar-refractivity contribution in [1.82, 2.24) is 0 Å². The van der Waals surface area contributed by atoms with Crippen molar-refractivity contribution >= 4 is 23.4 Å². The van der Waals surface area contributed by atoms with Crippen LogP contribution in [-0.2, 0) is 0 Å². The summed E-state index contributed by atoms with van der Waals surface area (Å²) in [6.45, 7) is 0. The highest BCUT2D eigenvalue weighted by molar-refractivity contribution is 5.97. The molecule has 6 nitrogen and oxygen atoms in total. The molecule has 0 aliphatic rings. The molecule has 0 aliphatic heterocycles. The highest BCUT2D eigenvalue weighted by atomic mass is 16.2. The van der Waals surface area contributed by atoms with E-state index in [-0.39, 0.29) is 0 Å². The van der Waals surface area contributed by atoms with Crippen LogP contribution in [-0.4, -0.2) is 12.1 Å². The molecule has 14 heavy (non-hydrogen) atoms. The quantitative estimate of drug-likeness (QED) is 0.554. The number of carbonyl (C=O) groups is 2. The van der Waals surface area contributed by atoms with Crippen molar-refractivity contribution in [2.24, 2.45) is 11.5 Å². The third-order valence-corrected chi connectivity index (χ3v) is 1.44. The molecular weight excluding hydrogens is 184 g/mol. The van der Waals surface area contributed by atoms with Crippen LogP contribution in [0, 0.1) is 0 Å². The first-order chi connectivity index (χ1) is 6.59. The highest BCUT2D eigenvalue weighted by Crippen LogP contribution is 2.19. The standard InChI is InChI=1S/C8H10N4O2/c9-7(13)11-5-3-1-2-4-6(5)12-8(10)14/h1-4H,(H3,9,11,13)(H3,10,12,14). The van der Waals surface area contributed by atoms with Crippen LogP contribution >= 0.6 is 0 Å². The van der Waals surface area contributed by atoms with Crippen LogP contribution in [0.1, 0.15) is 0 Å². The summed E-state index contributed by atoms with van der Waals surface area (Å²) in [5.74, 6) is 0. The van der Waals surface area contributed by atoms with Gasteiger partial charge in [-0.3, -0.25) is 0 Å². The summed E-state index contributed by atoms with van der Waals surface area (Å²) >= 11 is 0. The van der Waals surface area contributed by atoms with Crippen molar-refractivity contribution in [2.75, 3.05) is 10.6 Å². The first-order valence-corrected chi connectivity index (χ1v) is 3.81. The fourth-order valence-corrected chi connectivity index (χ4v) is 0.967. The van der Waals surface area contributed by atoms with Crippen LogP contribution in [0.4, 0.5) is 21.0 Å². The molecule has 0 aliphatic carbocycles. The minimum absolute atomic E-state index is 0.402. The Bertz CT molecular complexity index is 329. The molecule has 6 heteroatoms. The zero-order valence-electron chi connectivity index (χ0n) is 7.28. The zero-order valence-corrected chi connectivity index (χ0v) is 7.28. The van der Waals surface area contributed by atoms with Gasteiger partial charge in [-0.1, -0.05) is 12.1 Å². The van der Waals surface area contributed by atoms with Gasteiger partial charge >= 0.3 is 12.1 Å². The van der Waals surface area contributed by atoms with E-state index in [0.29, 0.717) is 11.4 Å². The van der Waals surface area contributed by atoms with E-state index in [1.54, 1.807) is 24.3 Å². The Balaban J connectivity index is 2.90. The lowest BCUT2D eigenvalue weighted by atomic mass is 10.2. The summed E-state index contributed by atoms with van der Waals surface area (Å²) in [7, 11) is 0. The summed E-state index contributed by atoms with van der Waals surface area (Å²) in [4.78, 5) is 21.1. The number of benzene rings is 1. The van der Waals surface area contributed by atoms with Crippen molar-refractivity contribution in [2.45, 2.75) is 0 Å². The summed E-state index contributed by atoms with van der Waals surface area (Å²) in [6.07, 6.45) is 0. The summed E-state index contributed by atoms with van der Waals surface area (Å²) in [6, 6.07) is 5.16. The number of hydrogen-bond acceptors (Lipinski definition) is 2. The smallest absolute Gasteiger partial charge is 0.316 e. The van der Waals surface area contributed by atoms with Gasteiger partial charge in [-0.15, -0.1) is 0 Å². The lowest BCUT2D eigenvalue weighted by Gasteiger charge is -2.08. The first kappa shape index (κ1) is 9.85. The minimum atomic E-state index is -0.705. The average molecular weight is 194 g/mol. The fraction of sp³-hybridized carbons (Fsp3) is 0. The summed E-state index contributed by atoms with van der Waals surface area (Å²) in [5, 5.41) is 4.69. The Morgan fingerprint density at radius 2 is 1.29 bits per heavy atom. The predicted octanol–water partition coefficient (Wildman–Crippen LogP) is 0.668. The molecule has 1 aromatic rings. The Labute approximate surface area is 80.3 Å². The third-order valence-electron chi connectivity index (χ3n) is 1.44. The second-order valence-corrected chi connectivity index (χ2v) is 2.52. The molecule has 0 radical (unpaired) electrons. The number of hydrogen-bond donors (Lipinski definition) is 4. The van der Waals surface area contributed by atoms with Crippen molar-refractivity contribution in [3.63, 3.8) is 0 Å². The van der Waals surface area contributed by atoms with E-state index in [9.17, 15) is 9.59 Å². The maximum atomic E-state index is 10.6. The topological polar surface area (TPSA) is 110 Å². The molecule has 0 saturated heterocycles. The third kappa shape index (κ3) is 2.67. The molecule has 0 unspecified atom stereocenters. The molecular formula is C8H10N4O2. The van der Waals surface area contributed by atoms with E-state index in [1.807, 2.05) is 0 Å². The lowest BCUT2D eigenvalue weighted by Crippen LogP contribution is -2.23. The number of nitrogens with two attached hydrogens (primary N) is 2. The first-order valence-electron chi connectivity index (χ1n) is 3.81. The molecule has 74 valence electrons. The summed E-state index contributed by atoms with van der Waals surface area (Å²) in [5.41, 5.74) is 10.7. The number of primary amides is 2. The van der Waals surface area contributed by atoms with Gasteiger partial charge in [0.1, 0.15) is 0 Å². The molecule has 0 atom stereocenters. The number of nitrogens with one attached hydrogen (secondary N) is 2. The molecule has 0 heterocycles. The molecule has 0 aromatic heterocycles. The number of para-hydroxylation sites is 2. The highest BCUT2D eigenvalue weighted by Gasteiger charge is 2.04. The number of rotatable bonds is 2. The number of carbonyl (C=O) groups excluding carboxylic acids is 2. The molecule has 0 spiro atoms. The molecule has 1 aromatic carbocycles. The van der Waals surface area contributed by atoms with E-state index in [2.05, 4.69) is 10.6 Å². The summed E-state index contributed by atoms with van der Waals surface area (Å²) < 4.78 is 0. The van der Waals surface area contributed by atoms with Gasteiger partial charge in [-0.05, 0) is 12.1 Å². The second kappa shape index (κ2) is 4.13. The van der Waals surface area contributed by atoms with Crippen molar-refractivity contribution in [1.29, 1.82) is 0 Å². The van der Waals surface area contributed by atoms with Gasteiger partial charge in [0, 0.05) is 0 Å². The number of amides is 4. The van der Waals surface area contributed by atoms with Gasteiger partial charge in [0.15, 0.2) is 0 Å². The van der Waals surface area contributed by atoms with Crippen molar-refractivity contribution in [3.05, 3.63) is 24.3 Å². The molecule has 1 rings (SSSR count). The number of anilines is 2. The molecule has 0 fully saturated rings. The molecule has 4 amide bonds. The normalized spacial score (nSPS) is 9.14. The van der Waals surface area contributed by atoms with Crippen LogP contribution in [0.3, 0.4) is 0 Å². The van der Waals surface area contributed by atoms with Crippen LogP contribution in [0.15, 0.2) is 24.3 Å². The predicted molar refractivity (Wildman–Crippen MR) is 52.9 cm³/mol. The van der Waals surface area contributed by atoms with E-state index in [4.69, 9.17) is 11.5 Å². The average Bonchev–Trinajstić information content (AvgIpc) is 2.06. The van der Waals surface area contributed by atoms with E-state index in [1.165, 1.54) is 0 Å². The van der Waals surface area contributed by atoms with Gasteiger partial charge in [0.2, 0.25) is 0 Å². The monoisotopic (exact) mass is 194 g/mol. The van der Waals surface area contributed by atoms with Crippen LogP contribution in [0.5, 0.6) is 0 Å². The molecule has 0 bridgehead atoms. The maximum absolute atomic E-state index is 10.6. The van der Waals surface area contributed by atoms with E-state index in [0.717, 1.165) is 0 Å². The number of urea groups is 2. The largest absolute Gasteiger partial charge is 0.351 e. The van der Waals surface area contributed by atoms with Gasteiger partial charge in [-0.25, -0.2) is 9.59 Å². The van der Waals surface area contributed by atoms with E-state index < -0.39 is 12.1 Å². The van der Waals surface area contributed by atoms with Crippen molar-refractivity contribution < 1.29 is 9.59 Å². The van der Waals surface area contributed by atoms with Gasteiger partial charge in [-0.2, -0.15) is 0 Å². The van der Waals surface area contributed by atoms with Crippen LogP contribution in [0.2, 0.25) is 0 Å². The molecule has 6 N–H and O–H groups in total.